The van der Waals surface area contributed by atoms with Crippen molar-refractivity contribution in [3.8, 4) is 5.75 Å². The lowest BCUT2D eigenvalue weighted by Gasteiger charge is -2.56. The van der Waals surface area contributed by atoms with Crippen molar-refractivity contribution >= 4 is 17.4 Å². The number of nitrogens with one attached hydrogen (secondary N) is 2. The summed E-state index contributed by atoms with van der Waals surface area (Å²) in [7, 11) is 1.51. The highest BCUT2D eigenvalue weighted by molar-refractivity contribution is 6.03. The van der Waals surface area contributed by atoms with E-state index in [1.807, 2.05) is 10.9 Å². The fourth-order valence-corrected chi connectivity index (χ4v) is 7.95. The van der Waals surface area contributed by atoms with Crippen molar-refractivity contribution in [2.24, 2.45) is 17.8 Å². The van der Waals surface area contributed by atoms with E-state index in [1.54, 1.807) is 30.5 Å². The van der Waals surface area contributed by atoms with Crippen LogP contribution in [0.2, 0.25) is 0 Å². The van der Waals surface area contributed by atoms with Crippen LogP contribution < -0.4 is 15.4 Å². The Morgan fingerprint density at radius 3 is 2.49 bits per heavy atom. The van der Waals surface area contributed by atoms with Crippen molar-refractivity contribution in [2.45, 2.75) is 68.7 Å². The molecule has 4 fully saturated rings. The van der Waals surface area contributed by atoms with Crippen LogP contribution in [0.4, 0.5) is 24.7 Å². The van der Waals surface area contributed by atoms with Crippen LogP contribution in [0.1, 0.15) is 73.1 Å². The van der Waals surface area contributed by atoms with Gasteiger partial charge in [-0.05, 0) is 74.0 Å². The Morgan fingerprint density at radius 2 is 1.82 bits per heavy atom. The quantitative estimate of drug-likeness (QED) is 0.419. The van der Waals surface area contributed by atoms with E-state index in [9.17, 15) is 18.0 Å². The third-order valence-electron chi connectivity index (χ3n) is 9.25. The molecule has 11 heteroatoms. The van der Waals surface area contributed by atoms with Gasteiger partial charge in [0.25, 0.3) is 5.91 Å². The third-order valence-corrected chi connectivity index (χ3v) is 9.25. The summed E-state index contributed by atoms with van der Waals surface area (Å²) in [5, 5.41) is 14.7. The molecule has 8 nitrogen and oxygen atoms in total. The standard InChI is InChI=1S/C28H31F3N6O2/c1-39-21-4-2-3-19(8-21)22-9-24(28(29,30)31)37-25(34-22)10-23(35-37)26(38)33-20-14-32-36(15-20)27-11-16-5-17(12-27)7-18(6-16)13-27/h2-4,8,10,14-18,22,24,34H,5-7,9,11-13H2,1H3,(H,33,38)/t16?,17?,18?,22-,24-,27?/m1/s1. The van der Waals surface area contributed by atoms with Crippen LogP contribution in [0.15, 0.2) is 42.7 Å². The molecule has 2 atom stereocenters. The maximum Gasteiger partial charge on any atom is 0.410 e. The van der Waals surface area contributed by atoms with Gasteiger partial charge in [0.15, 0.2) is 11.7 Å². The number of anilines is 2. The molecule has 2 aromatic heterocycles. The van der Waals surface area contributed by atoms with Crippen LogP contribution in [-0.2, 0) is 5.54 Å². The van der Waals surface area contributed by atoms with E-state index in [1.165, 1.54) is 32.4 Å². The number of fused-ring (bicyclic) bond motifs is 1. The van der Waals surface area contributed by atoms with Crippen LogP contribution in [0.5, 0.6) is 5.75 Å². The number of hydrogen-bond donors (Lipinski definition) is 2. The minimum atomic E-state index is -4.53. The molecule has 3 aromatic rings. The van der Waals surface area contributed by atoms with Gasteiger partial charge in [-0.15, -0.1) is 0 Å². The number of benzene rings is 1. The van der Waals surface area contributed by atoms with Crippen LogP contribution >= 0.6 is 0 Å². The van der Waals surface area contributed by atoms with Crippen LogP contribution in [0.3, 0.4) is 0 Å². The van der Waals surface area contributed by atoms with E-state index >= 15 is 0 Å². The Hall–Kier alpha value is -3.50. The molecule has 4 saturated carbocycles. The van der Waals surface area contributed by atoms with Crippen LogP contribution in [0.25, 0.3) is 0 Å². The van der Waals surface area contributed by atoms with Crippen molar-refractivity contribution in [1.29, 1.82) is 0 Å². The lowest BCUT2D eigenvalue weighted by molar-refractivity contribution is -0.173. The Kier molecular flexibility index (Phi) is 5.51. The molecule has 0 unspecified atom stereocenters. The fourth-order valence-electron chi connectivity index (χ4n) is 7.95. The van der Waals surface area contributed by atoms with Gasteiger partial charge in [0.1, 0.15) is 11.6 Å². The van der Waals surface area contributed by atoms with Gasteiger partial charge in [0.2, 0.25) is 0 Å². The predicted octanol–water partition coefficient (Wildman–Crippen LogP) is 5.93. The number of nitrogens with zero attached hydrogens (tertiary/aromatic N) is 4. The molecule has 4 aliphatic carbocycles. The van der Waals surface area contributed by atoms with Gasteiger partial charge in [0, 0.05) is 18.7 Å². The van der Waals surface area contributed by atoms with Gasteiger partial charge < -0.3 is 15.4 Å². The first-order valence-electron chi connectivity index (χ1n) is 13.6. The van der Waals surface area contributed by atoms with Crippen LogP contribution in [-0.4, -0.2) is 38.8 Å². The Morgan fingerprint density at radius 1 is 1.10 bits per heavy atom. The zero-order chi connectivity index (χ0) is 26.9. The molecule has 1 aliphatic heterocycles. The number of hydrogen-bond acceptors (Lipinski definition) is 5. The van der Waals surface area contributed by atoms with E-state index in [0.29, 0.717) is 17.0 Å². The molecule has 206 valence electrons. The molecule has 5 aliphatic rings. The first-order chi connectivity index (χ1) is 18.7. The van der Waals surface area contributed by atoms with Crippen molar-refractivity contribution in [1.82, 2.24) is 19.6 Å². The molecule has 4 bridgehead atoms. The third kappa shape index (κ3) is 4.26. The first-order valence-corrected chi connectivity index (χ1v) is 13.6. The first kappa shape index (κ1) is 24.5. The van der Waals surface area contributed by atoms with E-state index in [4.69, 9.17) is 4.74 Å². The zero-order valence-electron chi connectivity index (χ0n) is 21.6. The molecule has 8 rings (SSSR count). The molecule has 2 N–H and O–H groups in total. The minimum absolute atomic E-state index is 0.0181. The molecule has 39 heavy (non-hydrogen) atoms. The molecular weight excluding hydrogens is 509 g/mol. The number of carbonyl (C=O) groups excluding carboxylic acids is 1. The van der Waals surface area contributed by atoms with Crippen molar-refractivity contribution < 1.29 is 22.7 Å². The Labute approximate surface area is 223 Å². The zero-order valence-corrected chi connectivity index (χ0v) is 21.6. The number of carbonyl (C=O) groups is 1. The van der Waals surface area contributed by atoms with Crippen molar-refractivity contribution in [3.05, 3.63) is 54.0 Å². The van der Waals surface area contributed by atoms with Gasteiger partial charge in [-0.1, -0.05) is 12.1 Å². The number of aromatic nitrogens is 4. The number of rotatable bonds is 5. The van der Waals surface area contributed by atoms with Crippen molar-refractivity contribution in [2.75, 3.05) is 17.7 Å². The van der Waals surface area contributed by atoms with Crippen molar-refractivity contribution in [3.63, 3.8) is 0 Å². The lowest BCUT2D eigenvalue weighted by atomic mass is 9.53. The summed E-state index contributed by atoms with van der Waals surface area (Å²) in [6.45, 7) is 0. The van der Waals surface area contributed by atoms with Gasteiger partial charge in [-0.2, -0.15) is 23.4 Å². The Bertz CT molecular complexity index is 1380. The summed E-state index contributed by atoms with van der Waals surface area (Å²) in [5.41, 5.74) is 1.13. The second-order valence-corrected chi connectivity index (χ2v) is 11.9. The average Bonchev–Trinajstić information content (AvgIpc) is 3.54. The highest BCUT2D eigenvalue weighted by atomic mass is 19.4. The molecule has 0 radical (unpaired) electrons. The lowest BCUT2D eigenvalue weighted by Crippen LogP contribution is -2.52. The predicted molar refractivity (Wildman–Crippen MR) is 138 cm³/mol. The average molecular weight is 541 g/mol. The second-order valence-electron chi connectivity index (χ2n) is 11.9. The molecular formula is C28H31F3N6O2. The summed E-state index contributed by atoms with van der Waals surface area (Å²) in [4.78, 5) is 13.1. The summed E-state index contributed by atoms with van der Waals surface area (Å²) in [6, 6.07) is 5.85. The number of amides is 1. The van der Waals surface area contributed by atoms with Gasteiger partial charge >= 0.3 is 6.18 Å². The monoisotopic (exact) mass is 540 g/mol. The van der Waals surface area contributed by atoms with Gasteiger partial charge in [-0.3, -0.25) is 9.48 Å². The van der Waals surface area contributed by atoms with E-state index in [2.05, 4.69) is 20.8 Å². The molecule has 1 amide bonds. The second kappa shape index (κ2) is 8.76. The van der Waals surface area contributed by atoms with Crippen LogP contribution in [0, 0.1) is 17.8 Å². The van der Waals surface area contributed by atoms with Gasteiger partial charge in [-0.25, -0.2) is 4.68 Å². The smallest absolute Gasteiger partial charge is 0.410 e. The molecule has 3 heterocycles. The maximum atomic E-state index is 14.1. The summed E-state index contributed by atoms with van der Waals surface area (Å²) in [5.74, 6) is 2.40. The maximum absolute atomic E-state index is 14.1. The number of methoxy groups -OCH3 is 1. The summed E-state index contributed by atoms with van der Waals surface area (Å²) < 4.78 is 50.5. The number of alkyl halides is 3. The topological polar surface area (TPSA) is 86.0 Å². The van der Waals surface area contributed by atoms with E-state index in [-0.39, 0.29) is 23.5 Å². The summed E-state index contributed by atoms with van der Waals surface area (Å²) in [6.07, 6.45) is 6.04. The SMILES string of the molecule is COc1cccc([C@H]2C[C@H](C(F)(F)F)n3nc(C(=O)Nc4cnn(C56CC7CC(CC(C7)C5)C6)c4)cc3N2)c1. The molecule has 1 aromatic carbocycles. The van der Waals surface area contributed by atoms with E-state index in [0.717, 1.165) is 41.7 Å². The van der Waals surface area contributed by atoms with E-state index < -0.39 is 24.2 Å². The minimum Gasteiger partial charge on any atom is -0.497 e. The molecule has 0 saturated heterocycles. The van der Waals surface area contributed by atoms with Gasteiger partial charge in [0.05, 0.1) is 30.6 Å². The normalized spacial score (nSPS) is 31.0. The summed E-state index contributed by atoms with van der Waals surface area (Å²) >= 11 is 0. The molecule has 0 spiro atoms. The highest BCUT2D eigenvalue weighted by Crippen LogP contribution is 2.58. The Balaban J connectivity index is 1.12. The number of halogens is 3. The highest BCUT2D eigenvalue weighted by Gasteiger charge is 2.52. The fraction of sp³-hybridized carbons (Fsp3) is 0.536. The number of ether oxygens (including phenoxy) is 1. The largest absolute Gasteiger partial charge is 0.497 e.